The Morgan fingerprint density at radius 1 is 1.03 bits per heavy atom. The molecule has 0 fully saturated rings. The van der Waals surface area contributed by atoms with Gasteiger partial charge in [0.15, 0.2) is 5.82 Å². The number of nitrogens with one attached hydrogen (secondary N) is 1. The van der Waals surface area contributed by atoms with Crippen molar-refractivity contribution in [2.45, 2.75) is 26.0 Å². The Hall–Kier alpha value is -4.11. The summed E-state index contributed by atoms with van der Waals surface area (Å²) in [6.07, 6.45) is 6.72. The number of halogens is 1. The summed E-state index contributed by atoms with van der Waals surface area (Å²) in [6.45, 7) is 4.13. The number of likely N-dealkylation sites (N-methyl/N-ethyl adjacent to an activating group) is 1. The molecule has 1 N–H and O–H groups in total. The highest BCUT2D eigenvalue weighted by atomic mass is 19.1. The zero-order valence-electron chi connectivity index (χ0n) is 20.9. The van der Waals surface area contributed by atoms with Crippen molar-refractivity contribution in [3.8, 4) is 16.9 Å². The van der Waals surface area contributed by atoms with Crippen LogP contribution in [0.1, 0.15) is 13.8 Å². The molecule has 3 aromatic heterocycles. The third-order valence-corrected chi connectivity index (χ3v) is 6.52. The van der Waals surface area contributed by atoms with E-state index in [0.29, 0.717) is 39.1 Å². The van der Waals surface area contributed by atoms with E-state index in [1.807, 2.05) is 46.4 Å². The van der Waals surface area contributed by atoms with E-state index in [1.165, 1.54) is 6.33 Å². The van der Waals surface area contributed by atoms with Crippen LogP contribution >= 0.6 is 0 Å². The summed E-state index contributed by atoms with van der Waals surface area (Å²) < 4.78 is 23.6. The smallest absolute Gasteiger partial charge is 0.156 e. The highest BCUT2D eigenvalue weighted by molar-refractivity contribution is 5.99. The third-order valence-electron chi connectivity index (χ3n) is 6.52. The number of aryl methyl sites for hydroxylation is 1. The van der Waals surface area contributed by atoms with E-state index >= 15 is 4.39 Å². The third kappa shape index (κ3) is 4.45. The predicted molar refractivity (Wildman–Crippen MR) is 140 cm³/mol. The van der Waals surface area contributed by atoms with Gasteiger partial charge >= 0.3 is 0 Å². The number of fused-ring (bicyclic) bond motifs is 2. The summed E-state index contributed by atoms with van der Waals surface area (Å²) in [5.41, 5.74) is 3.43. The van der Waals surface area contributed by atoms with Gasteiger partial charge in [-0.15, -0.1) is 0 Å². The van der Waals surface area contributed by atoms with Crippen LogP contribution in [0.3, 0.4) is 0 Å². The largest absolute Gasteiger partial charge is 0.488 e. The van der Waals surface area contributed by atoms with Gasteiger partial charge in [-0.1, -0.05) is 0 Å². The Kier molecular flexibility index (Phi) is 6.24. The van der Waals surface area contributed by atoms with Crippen LogP contribution in [-0.2, 0) is 7.05 Å². The van der Waals surface area contributed by atoms with Crippen LogP contribution in [0.15, 0.2) is 61.3 Å². The van der Waals surface area contributed by atoms with E-state index in [0.717, 1.165) is 11.1 Å². The molecule has 0 saturated carbocycles. The Morgan fingerprint density at radius 2 is 1.86 bits per heavy atom. The molecule has 36 heavy (non-hydrogen) atoms. The SMILES string of the molecule is C[C@@H](Oc1cc(-c2cnn(C)c2)cc2ncnc(Nc3ccc4ncccc4c3F)c12)[C@H](C)N(C)C. The average molecular weight is 486 g/mol. The van der Waals surface area contributed by atoms with Gasteiger partial charge in [0.2, 0.25) is 0 Å². The Bertz CT molecular complexity index is 1550. The maximum Gasteiger partial charge on any atom is 0.156 e. The number of nitrogens with zero attached hydrogens (tertiary/aromatic N) is 6. The van der Waals surface area contributed by atoms with Gasteiger partial charge in [-0.3, -0.25) is 9.67 Å². The minimum Gasteiger partial charge on any atom is -0.488 e. The van der Waals surface area contributed by atoms with Crippen molar-refractivity contribution < 1.29 is 9.13 Å². The zero-order chi connectivity index (χ0) is 25.4. The lowest BCUT2D eigenvalue weighted by Crippen LogP contribution is -2.38. The number of benzene rings is 2. The van der Waals surface area contributed by atoms with E-state index in [2.05, 4.69) is 37.2 Å². The van der Waals surface area contributed by atoms with E-state index in [-0.39, 0.29) is 12.1 Å². The summed E-state index contributed by atoms with van der Waals surface area (Å²) >= 11 is 0. The van der Waals surface area contributed by atoms with E-state index in [1.54, 1.807) is 41.3 Å². The molecule has 0 aliphatic heterocycles. The first kappa shape index (κ1) is 23.6. The van der Waals surface area contributed by atoms with E-state index < -0.39 is 5.82 Å². The van der Waals surface area contributed by atoms with Gasteiger partial charge in [-0.25, -0.2) is 14.4 Å². The molecule has 0 saturated heterocycles. The van der Waals surface area contributed by atoms with Crippen molar-refractivity contribution in [1.82, 2.24) is 29.6 Å². The van der Waals surface area contributed by atoms with Gasteiger partial charge in [0, 0.05) is 36.4 Å². The van der Waals surface area contributed by atoms with Gasteiger partial charge < -0.3 is 15.0 Å². The molecular weight excluding hydrogens is 457 g/mol. The highest BCUT2D eigenvalue weighted by Gasteiger charge is 2.21. The van der Waals surface area contributed by atoms with Gasteiger partial charge in [0.25, 0.3) is 0 Å². The predicted octanol–water partition coefficient (Wildman–Crippen LogP) is 5.18. The van der Waals surface area contributed by atoms with Gasteiger partial charge in [-0.2, -0.15) is 5.10 Å². The lowest BCUT2D eigenvalue weighted by atomic mass is 10.1. The van der Waals surface area contributed by atoms with Crippen molar-refractivity contribution in [3.05, 3.63) is 67.1 Å². The molecule has 5 aromatic rings. The lowest BCUT2D eigenvalue weighted by molar-refractivity contribution is 0.123. The minimum absolute atomic E-state index is 0.135. The normalized spacial score (nSPS) is 13.3. The minimum atomic E-state index is -0.392. The first-order valence-electron chi connectivity index (χ1n) is 11.7. The van der Waals surface area contributed by atoms with Crippen LogP contribution in [0, 0.1) is 5.82 Å². The number of hydrogen-bond donors (Lipinski definition) is 1. The molecule has 9 heteroatoms. The average Bonchev–Trinajstić information content (AvgIpc) is 3.31. The number of hydrogen-bond acceptors (Lipinski definition) is 7. The second-order valence-electron chi connectivity index (χ2n) is 9.14. The van der Waals surface area contributed by atoms with Gasteiger partial charge in [0.1, 0.15) is 24.0 Å². The number of ether oxygens (including phenoxy) is 1. The molecule has 0 aliphatic carbocycles. The van der Waals surface area contributed by atoms with Gasteiger partial charge in [-0.05, 0) is 69.9 Å². The molecule has 0 bridgehead atoms. The van der Waals surface area contributed by atoms with Crippen molar-refractivity contribution in [1.29, 1.82) is 0 Å². The first-order valence-corrected chi connectivity index (χ1v) is 11.7. The van der Waals surface area contributed by atoms with Crippen molar-refractivity contribution >= 4 is 33.3 Å². The molecule has 8 nitrogen and oxygen atoms in total. The number of aromatic nitrogens is 5. The van der Waals surface area contributed by atoms with Crippen molar-refractivity contribution in [2.24, 2.45) is 7.05 Å². The first-order chi connectivity index (χ1) is 17.3. The number of anilines is 2. The Labute approximate surface area is 208 Å². The van der Waals surface area contributed by atoms with Crippen LogP contribution in [0.2, 0.25) is 0 Å². The fraction of sp³-hybridized carbons (Fsp3) is 0.259. The summed E-state index contributed by atoms with van der Waals surface area (Å²) in [4.78, 5) is 15.3. The molecule has 0 unspecified atom stereocenters. The van der Waals surface area contributed by atoms with Crippen LogP contribution < -0.4 is 10.1 Å². The standard InChI is InChI=1S/C27H28FN7O/c1-16(34(3)4)17(2)36-24-12-18(19-13-32-35(5)14-19)11-23-25(24)27(31-15-30-23)33-22-9-8-21-20(26(22)28)7-6-10-29-21/h6-17H,1-5H3,(H,30,31,33)/t16-,17+/m0/s1. The number of rotatable bonds is 7. The molecular formula is C27H28FN7O. The van der Waals surface area contributed by atoms with Crippen LogP contribution in [0.5, 0.6) is 5.75 Å². The second kappa shape index (κ2) is 9.50. The molecule has 0 radical (unpaired) electrons. The summed E-state index contributed by atoms with van der Waals surface area (Å²) in [6, 6.07) is 10.9. The summed E-state index contributed by atoms with van der Waals surface area (Å²) in [7, 11) is 5.91. The molecule has 0 aliphatic rings. The quantitative estimate of drug-likeness (QED) is 0.340. The second-order valence-corrected chi connectivity index (χ2v) is 9.14. The van der Waals surface area contributed by atoms with Crippen molar-refractivity contribution in [2.75, 3.05) is 19.4 Å². The fourth-order valence-corrected chi connectivity index (χ4v) is 4.14. The molecule has 2 aromatic carbocycles. The maximum absolute atomic E-state index is 15.4. The summed E-state index contributed by atoms with van der Waals surface area (Å²) in [5.74, 6) is 0.675. The van der Waals surface area contributed by atoms with Crippen LogP contribution in [0.4, 0.5) is 15.9 Å². The van der Waals surface area contributed by atoms with E-state index in [4.69, 9.17) is 4.74 Å². The molecule has 0 spiro atoms. The van der Waals surface area contributed by atoms with Crippen molar-refractivity contribution in [3.63, 3.8) is 0 Å². The molecule has 0 amide bonds. The van der Waals surface area contributed by atoms with Crippen LogP contribution in [0.25, 0.3) is 32.9 Å². The van der Waals surface area contributed by atoms with E-state index in [9.17, 15) is 0 Å². The number of pyridine rings is 1. The molecule has 184 valence electrons. The molecule has 3 heterocycles. The highest BCUT2D eigenvalue weighted by Crippen LogP contribution is 2.37. The maximum atomic E-state index is 15.4. The lowest BCUT2D eigenvalue weighted by Gasteiger charge is -2.28. The van der Waals surface area contributed by atoms with Crippen LogP contribution in [-0.4, -0.2) is 55.9 Å². The topological polar surface area (TPSA) is 81.0 Å². The summed E-state index contributed by atoms with van der Waals surface area (Å²) in [5, 5.41) is 8.59. The zero-order valence-corrected chi connectivity index (χ0v) is 20.9. The molecule has 2 atom stereocenters. The molecule has 5 rings (SSSR count). The monoisotopic (exact) mass is 485 g/mol. The Morgan fingerprint density at radius 3 is 2.61 bits per heavy atom. The fourth-order valence-electron chi connectivity index (χ4n) is 4.14. The van der Waals surface area contributed by atoms with Gasteiger partial charge in [0.05, 0.1) is 28.3 Å². The Balaban J connectivity index is 1.64.